The van der Waals surface area contributed by atoms with Crippen LogP contribution in [0.2, 0.25) is 0 Å². The number of benzene rings is 1. The average molecular weight is 351 g/mol. The zero-order valence-electron chi connectivity index (χ0n) is 14.5. The minimum atomic E-state index is -1.14. The van der Waals surface area contributed by atoms with Crippen molar-refractivity contribution in [3.8, 4) is 5.75 Å². The quantitative estimate of drug-likeness (QED) is 0.541. The fourth-order valence-electron chi connectivity index (χ4n) is 1.72. The zero-order chi connectivity index (χ0) is 19.0. The summed E-state index contributed by atoms with van der Waals surface area (Å²) < 4.78 is 14.7. The van der Waals surface area contributed by atoms with Crippen molar-refractivity contribution in [2.75, 3.05) is 26.1 Å². The molecule has 25 heavy (non-hydrogen) atoms. The van der Waals surface area contributed by atoms with Crippen LogP contribution in [0.3, 0.4) is 0 Å². The van der Waals surface area contributed by atoms with Crippen molar-refractivity contribution in [1.82, 2.24) is 0 Å². The lowest BCUT2D eigenvalue weighted by Gasteiger charge is -2.16. The third-order valence-electron chi connectivity index (χ3n) is 2.94. The normalized spacial score (nSPS) is 11.0. The number of hydrogen-bond donors (Lipinski definition) is 2. The molecule has 1 aromatic carbocycles. The highest BCUT2D eigenvalue weighted by molar-refractivity contribution is 5.99. The summed E-state index contributed by atoms with van der Waals surface area (Å²) in [5, 5.41) is 11.8. The molecule has 0 aliphatic rings. The number of rotatable bonds is 8. The number of esters is 2. The molecular weight excluding hydrogens is 330 g/mol. The molecule has 0 bridgehead atoms. The number of nitrogens with one attached hydrogen (secondary N) is 1. The number of ether oxygens (including phenoxy) is 3. The number of carbonyl (C=O) groups excluding carboxylic acids is 2. The molecule has 0 aliphatic heterocycles. The molecule has 0 unspecified atom stereocenters. The second-order valence-electron chi connectivity index (χ2n) is 5.42. The van der Waals surface area contributed by atoms with Gasteiger partial charge in [-0.2, -0.15) is 0 Å². The van der Waals surface area contributed by atoms with E-state index in [1.807, 2.05) is 13.8 Å². The Labute approximate surface area is 145 Å². The maximum absolute atomic E-state index is 11.8. The van der Waals surface area contributed by atoms with Gasteiger partial charge in [-0.1, -0.05) is 13.8 Å². The summed E-state index contributed by atoms with van der Waals surface area (Å²) in [4.78, 5) is 34.5. The number of carboxylic acids is 1. The van der Waals surface area contributed by atoms with Crippen LogP contribution in [0.15, 0.2) is 30.0 Å². The van der Waals surface area contributed by atoms with Crippen LogP contribution in [0.25, 0.3) is 0 Å². The molecular formula is C17H21NO7. The first-order valence-electron chi connectivity index (χ1n) is 7.43. The van der Waals surface area contributed by atoms with E-state index in [4.69, 9.17) is 9.84 Å². The van der Waals surface area contributed by atoms with E-state index in [1.165, 1.54) is 18.2 Å². The molecule has 0 aliphatic carbocycles. The van der Waals surface area contributed by atoms with Gasteiger partial charge in [0.1, 0.15) is 11.4 Å². The second-order valence-corrected chi connectivity index (χ2v) is 5.42. The SMILES string of the molecule is COC(=O)/C=C(/Nc1cc(C(=O)O)ccc1OCC(C)C)C(=O)OC. The number of carbonyl (C=O) groups is 3. The molecule has 0 aromatic heterocycles. The van der Waals surface area contributed by atoms with Gasteiger partial charge < -0.3 is 24.6 Å². The van der Waals surface area contributed by atoms with Crippen molar-refractivity contribution < 1.29 is 33.7 Å². The highest BCUT2D eigenvalue weighted by Gasteiger charge is 2.17. The topological polar surface area (TPSA) is 111 Å². The highest BCUT2D eigenvalue weighted by atomic mass is 16.5. The van der Waals surface area contributed by atoms with Crippen LogP contribution < -0.4 is 10.1 Å². The molecule has 136 valence electrons. The Hall–Kier alpha value is -3.03. The third-order valence-corrected chi connectivity index (χ3v) is 2.94. The summed E-state index contributed by atoms with van der Waals surface area (Å²) in [5.41, 5.74) is -0.0194. The van der Waals surface area contributed by atoms with Crippen LogP contribution in [-0.2, 0) is 19.1 Å². The van der Waals surface area contributed by atoms with Gasteiger partial charge in [-0.3, -0.25) is 0 Å². The first-order valence-corrected chi connectivity index (χ1v) is 7.43. The monoisotopic (exact) mass is 351 g/mol. The van der Waals surface area contributed by atoms with E-state index >= 15 is 0 Å². The van der Waals surface area contributed by atoms with Gasteiger partial charge in [-0.05, 0) is 24.1 Å². The summed E-state index contributed by atoms with van der Waals surface area (Å²) in [6.07, 6.45) is 0.908. The van der Waals surface area contributed by atoms with Gasteiger partial charge in [-0.15, -0.1) is 0 Å². The minimum absolute atomic E-state index is 0.0123. The van der Waals surface area contributed by atoms with Crippen LogP contribution in [0.1, 0.15) is 24.2 Å². The van der Waals surface area contributed by atoms with Crippen molar-refractivity contribution in [2.24, 2.45) is 5.92 Å². The Kier molecular flexibility index (Phi) is 7.45. The van der Waals surface area contributed by atoms with E-state index in [1.54, 1.807) is 0 Å². The van der Waals surface area contributed by atoms with Gasteiger partial charge in [0, 0.05) is 0 Å². The number of methoxy groups -OCH3 is 2. The standard InChI is InChI=1S/C17H21NO7/c1-10(2)9-25-14-6-5-11(16(20)21)7-12(14)18-13(17(22)24-4)8-15(19)23-3/h5-8,10,18H,9H2,1-4H3,(H,20,21)/b13-8+. The Morgan fingerprint density at radius 2 is 1.88 bits per heavy atom. The van der Waals surface area contributed by atoms with E-state index in [0.717, 1.165) is 20.3 Å². The predicted molar refractivity (Wildman–Crippen MR) is 89.5 cm³/mol. The van der Waals surface area contributed by atoms with Crippen molar-refractivity contribution in [3.63, 3.8) is 0 Å². The lowest BCUT2D eigenvalue weighted by molar-refractivity contribution is -0.138. The second kappa shape index (κ2) is 9.31. The smallest absolute Gasteiger partial charge is 0.354 e. The van der Waals surface area contributed by atoms with Crippen molar-refractivity contribution >= 4 is 23.6 Å². The summed E-state index contributed by atoms with van der Waals surface area (Å²) in [6, 6.07) is 4.15. The number of carboxylic acid groups (broad SMARTS) is 1. The van der Waals surface area contributed by atoms with Crippen molar-refractivity contribution in [3.05, 3.63) is 35.5 Å². The van der Waals surface area contributed by atoms with Crippen LogP contribution in [0, 0.1) is 5.92 Å². The van der Waals surface area contributed by atoms with Crippen LogP contribution in [0.5, 0.6) is 5.75 Å². The molecule has 8 heteroatoms. The summed E-state index contributed by atoms with van der Waals surface area (Å²) in [6.45, 7) is 4.29. The maximum Gasteiger partial charge on any atom is 0.354 e. The van der Waals surface area contributed by atoms with Gasteiger partial charge >= 0.3 is 17.9 Å². The molecule has 0 saturated heterocycles. The largest absolute Gasteiger partial charge is 0.491 e. The lowest BCUT2D eigenvalue weighted by Crippen LogP contribution is -2.17. The predicted octanol–water partition coefficient (Wildman–Crippen LogP) is 2.06. The Morgan fingerprint density at radius 1 is 1.20 bits per heavy atom. The maximum atomic E-state index is 11.8. The molecule has 0 atom stereocenters. The van der Waals surface area contributed by atoms with Crippen LogP contribution in [-0.4, -0.2) is 43.8 Å². The molecule has 0 heterocycles. The van der Waals surface area contributed by atoms with E-state index in [9.17, 15) is 14.4 Å². The first-order chi connectivity index (χ1) is 11.8. The van der Waals surface area contributed by atoms with Crippen molar-refractivity contribution in [1.29, 1.82) is 0 Å². The van der Waals surface area contributed by atoms with Gasteiger partial charge in [0.15, 0.2) is 0 Å². The van der Waals surface area contributed by atoms with Crippen molar-refractivity contribution in [2.45, 2.75) is 13.8 Å². The third kappa shape index (κ3) is 6.17. The summed E-state index contributed by atoms with van der Waals surface area (Å²) in [5.74, 6) is -2.17. The average Bonchev–Trinajstić information content (AvgIpc) is 2.58. The van der Waals surface area contributed by atoms with E-state index in [2.05, 4.69) is 14.8 Å². The molecule has 1 aromatic rings. The van der Waals surface area contributed by atoms with E-state index in [-0.39, 0.29) is 22.9 Å². The van der Waals surface area contributed by atoms with Gasteiger partial charge in [0.25, 0.3) is 0 Å². The number of anilines is 1. The van der Waals surface area contributed by atoms with E-state index in [0.29, 0.717) is 12.4 Å². The molecule has 2 N–H and O–H groups in total. The zero-order valence-corrected chi connectivity index (χ0v) is 14.5. The molecule has 0 spiro atoms. The van der Waals surface area contributed by atoms with Gasteiger partial charge in [-0.25, -0.2) is 14.4 Å². The number of aromatic carboxylic acids is 1. The molecule has 1 rings (SSSR count). The molecule has 8 nitrogen and oxygen atoms in total. The summed E-state index contributed by atoms with van der Waals surface area (Å²) >= 11 is 0. The lowest BCUT2D eigenvalue weighted by atomic mass is 10.1. The minimum Gasteiger partial charge on any atom is -0.491 e. The van der Waals surface area contributed by atoms with Crippen LogP contribution in [0.4, 0.5) is 5.69 Å². The summed E-state index contributed by atoms with van der Waals surface area (Å²) in [7, 11) is 2.31. The van der Waals surface area contributed by atoms with Gasteiger partial charge in [0.2, 0.25) is 0 Å². The Balaban J connectivity index is 3.26. The van der Waals surface area contributed by atoms with Gasteiger partial charge in [0.05, 0.1) is 38.2 Å². The number of hydrogen-bond acceptors (Lipinski definition) is 7. The Bertz CT molecular complexity index is 680. The fourth-order valence-corrected chi connectivity index (χ4v) is 1.72. The molecule has 0 amide bonds. The Morgan fingerprint density at radius 3 is 2.40 bits per heavy atom. The fraction of sp³-hybridized carbons (Fsp3) is 0.353. The van der Waals surface area contributed by atoms with Crippen LogP contribution >= 0.6 is 0 Å². The first kappa shape index (κ1) is 20.0. The van der Waals surface area contributed by atoms with E-state index < -0.39 is 17.9 Å². The molecule has 0 fully saturated rings. The molecule has 0 radical (unpaired) electrons. The highest BCUT2D eigenvalue weighted by Crippen LogP contribution is 2.28. The molecule has 0 saturated carbocycles.